The van der Waals surface area contributed by atoms with Gasteiger partial charge in [0.25, 0.3) is 0 Å². The summed E-state index contributed by atoms with van der Waals surface area (Å²) in [6, 6.07) is 0. The molecular formula is C10H19NO4. The molecule has 5 heteroatoms. The number of esters is 1. The van der Waals surface area contributed by atoms with Gasteiger partial charge in [-0.1, -0.05) is 13.3 Å². The molecule has 0 N–H and O–H groups in total. The van der Waals surface area contributed by atoms with Gasteiger partial charge in [-0.15, -0.1) is 0 Å². The van der Waals surface area contributed by atoms with Gasteiger partial charge in [-0.25, -0.2) is 0 Å². The molecule has 0 saturated carbocycles. The Labute approximate surface area is 90.0 Å². The minimum absolute atomic E-state index is 0.0654. The average Bonchev–Trinajstić information content (AvgIpc) is 2.15. The van der Waals surface area contributed by atoms with E-state index in [1.54, 1.807) is 6.92 Å². The Morgan fingerprint density at radius 1 is 1.40 bits per heavy atom. The molecule has 88 valence electrons. The fraction of sp³-hybridized carbons (Fsp3) is 0.900. The quantitative estimate of drug-likeness (QED) is 0.354. The molecule has 5 nitrogen and oxygen atoms in total. The number of carbonyl (C=O) groups excluding carboxylic acids is 1. The third kappa shape index (κ3) is 7.90. The second kappa shape index (κ2) is 8.20. The smallest absolute Gasteiger partial charge is 0.306 e. The fourth-order valence-corrected chi connectivity index (χ4v) is 1.50. The van der Waals surface area contributed by atoms with Crippen LogP contribution in [0.15, 0.2) is 0 Å². The van der Waals surface area contributed by atoms with Crippen molar-refractivity contribution in [2.75, 3.05) is 13.2 Å². The number of nitrogens with zero attached hydrogens (tertiary/aromatic N) is 1. The Bertz CT molecular complexity index is 206. The minimum atomic E-state index is -0.339. The van der Waals surface area contributed by atoms with Crippen LogP contribution >= 0.6 is 0 Å². The summed E-state index contributed by atoms with van der Waals surface area (Å²) in [6.07, 6.45) is 2.53. The zero-order valence-corrected chi connectivity index (χ0v) is 9.40. The average molecular weight is 217 g/mol. The molecule has 0 aromatic rings. The van der Waals surface area contributed by atoms with Gasteiger partial charge in [-0.05, 0) is 19.3 Å². The molecule has 0 bridgehead atoms. The van der Waals surface area contributed by atoms with E-state index in [0.29, 0.717) is 19.4 Å². The van der Waals surface area contributed by atoms with E-state index < -0.39 is 0 Å². The SMILES string of the molecule is CCCC(CC[N+](=O)[O-])CC(=O)OCC. The van der Waals surface area contributed by atoms with E-state index in [-0.39, 0.29) is 23.4 Å². The molecule has 1 atom stereocenters. The highest BCUT2D eigenvalue weighted by molar-refractivity contribution is 5.69. The summed E-state index contributed by atoms with van der Waals surface area (Å²) in [6.45, 7) is 4.06. The van der Waals surface area contributed by atoms with Gasteiger partial charge < -0.3 is 4.74 Å². The van der Waals surface area contributed by atoms with Crippen molar-refractivity contribution in [3.05, 3.63) is 10.1 Å². The first-order valence-corrected chi connectivity index (χ1v) is 5.37. The summed E-state index contributed by atoms with van der Waals surface area (Å²) < 4.78 is 4.82. The Hall–Kier alpha value is -1.13. The van der Waals surface area contributed by atoms with Crippen molar-refractivity contribution in [2.45, 2.75) is 39.5 Å². The molecule has 0 fully saturated rings. The van der Waals surface area contributed by atoms with Crippen molar-refractivity contribution in [3.63, 3.8) is 0 Å². The second-order valence-electron chi connectivity index (χ2n) is 3.51. The Kier molecular flexibility index (Phi) is 7.58. The van der Waals surface area contributed by atoms with Crippen molar-refractivity contribution in [1.29, 1.82) is 0 Å². The normalized spacial score (nSPS) is 12.1. The number of ether oxygens (including phenoxy) is 1. The molecule has 0 heterocycles. The van der Waals surface area contributed by atoms with Crippen LogP contribution in [0.3, 0.4) is 0 Å². The molecule has 0 aliphatic carbocycles. The second-order valence-corrected chi connectivity index (χ2v) is 3.51. The molecule has 0 aliphatic heterocycles. The summed E-state index contributed by atoms with van der Waals surface area (Å²) in [5, 5.41) is 10.2. The van der Waals surface area contributed by atoms with E-state index in [2.05, 4.69) is 0 Å². The maximum Gasteiger partial charge on any atom is 0.306 e. The van der Waals surface area contributed by atoms with E-state index in [1.807, 2.05) is 6.92 Å². The van der Waals surface area contributed by atoms with Gasteiger partial charge in [0.15, 0.2) is 0 Å². The van der Waals surface area contributed by atoms with Crippen molar-refractivity contribution in [3.8, 4) is 0 Å². The van der Waals surface area contributed by atoms with Crippen LogP contribution in [0.25, 0.3) is 0 Å². The van der Waals surface area contributed by atoms with E-state index in [0.717, 1.165) is 12.8 Å². The highest BCUT2D eigenvalue weighted by Crippen LogP contribution is 2.16. The minimum Gasteiger partial charge on any atom is -0.466 e. The summed E-state index contributed by atoms with van der Waals surface area (Å²) in [7, 11) is 0. The number of rotatable bonds is 8. The van der Waals surface area contributed by atoms with Gasteiger partial charge >= 0.3 is 5.97 Å². The predicted octanol–water partition coefficient (Wildman–Crippen LogP) is 2.02. The monoisotopic (exact) mass is 217 g/mol. The van der Waals surface area contributed by atoms with Crippen LogP contribution in [0.2, 0.25) is 0 Å². The van der Waals surface area contributed by atoms with E-state index in [4.69, 9.17) is 4.74 Å². The molecule has 1 unspecified atom stereocenters. The van der Waals surface area contributed by atoms with Crippen molar-refractivity contribution < 1.29 is 14.5 Å². The van der Waals surface area contributed by atoms with Gasteiger partial charge in [0.1, 0.15) is 0 Å². The van der Waals surface area contributed by atoms with Crippen LogP contribution in [0.5, 0.6) is 0 Å². The first kappa shape index (κ1) is 13.9. The van der Waals surface area contributed by atoms with Gasteiger partial charge in [-0.3, -0.25) is 14.9 Å². The maximum absolute atomic E-state index is 11.2. The lowest BCUT2D eigenvalue weighted by atomic mass is 9.96. The predicted molar refractivity (Wildman–Crippen MR) is 56.1 cm³/mol. The number of nitro groups is 1. The Balaban J connectivity index is 3.91. The molecular weight excluding hydrogens is 198 g/mol. The van der Waals surface area contributed by atoms with Gasteiger partial charge in [0.05, 0.1) is 6.61 Å². The molecule has 0 radical (unpaired) electrons. The summed E-state index contributed by atoms with van der Waals surface area (Å²) >= 11 is 0. The van der Waals surface area contributed by atoms with Crippen molar-refractivity contribution >= 4 is 5.97 Å². The molecule has 0 amide bonds. The highest BCUT2D eigenvalue weighted by Gasteiger charge is 2.16. The van der Waals surface area contributed by atoms with Crippen LogP contribution in [0.1, 0.15) is 39.5 Å². The zero-order chi connectivity index (χ0) is 11.7. The number of hydrogen-bond donors (Lipinski definition) is 0. The van der Waals surface area contributed by atoms with Crippen LogP contribution in [-0.4, -0.2) is 24.0 Å². The molecule has 0 spiro atoms. The van der Waals surface area contributed by atoms with Gasteiger partial charge in [0.2, 0.25) is 6.54 Å². The number of carbonyl (C=O) groups is 1. The van der Waals surface area contributed by atoms with E-state index in [1.165, 1.54) is 0 Å². The molecule has 15 heavy (non-hydrogen) atoms. The van der Waals surface area contributed by atoms with Crippen molar-refractivity contribution in [2.24, 2.45) is 5.92 Å². The molecule has 0 aromatic carbocycles. The largest absolute Gasteiger partial charge is 0.466 e. The van der Waals surface area contributed by atoms with Crippen LogP contribution in [-0.2, 0) is 9.53 Å². The van der Waals surface area contributed by atoms with E-state index >= 15 is 0 Å². The van der Waals surface area contributed by atoms with Crippen LogP contribution < -0.4 is 0 Å². The lowest BCUT2D eigenvalue weighted by Gasteiger charge is -2.12. The molecule has 0 saturated heterocycles. The summed E-state index contributed by atoms with van der Waals surface area (Å²) in [5.74, 6) is -0.168. The topological polar surface area (TPSA) is 69.4 Å². The molecule has 0 aliphatic rings. The third-order valence-electron chi connectivity index (χ3n) is 2.18. The third-order valence-corrected chi connectivity index (χ3v) is 2.18. The first-order valence-electron chi connectivity index (χ1n) is 5.37. The maximum atomic E-state index is 11.2. The van der Waals surface area contributed by atoms with Gasteiger partial charge in [-0.2, -0.15) is 0 Å². The van der Waals surface area contributed by atoms with Crippen LogP contribution in [0.4, 0.5) is 0 Å². The summed E-state index contributed by atoms with van der Waals surface area (Å²) in [4.78, 5) is 21.1. The fourth-order valence-electron chi connectivity index (χ4n) is 1.50. The number of hydrogen-bond acceptors (Lipinski definition) is 4. The zero-order valence-electron chi connectivity index (χ0n) is 9.40. The molecule has 0 aromatic heterocycles. The summed E-state index contributed by atoms with van der Waals surface area (Å²) in [5.41, 5.74) is 0. The standard InChI is InChI=1S/C10H19NO4/c1-3-5-9(6-7-11(13)14)8-10(12)15-4-2/h9H,3-8H2,1-2H3. The van der Waals surface area contributed by atoms with Gasteiger partial charge in [0, 0.05) is 17.8 Å². The lowest BCUT2D eigenvalue weighted by Crippen LogP contribution is -2.15. The van der Waals surface area contributed by atoms with Crippen LogP contribution in [0, 0.1) is 16.0 Å². The Morgan fingerprint density at radius 2 is 2.07 bits per heavy atom. The lowest BCUT2D eigenvalue weighted by molar-refractivity contribution is -0.481. The highest BCUT2D eigenvalue weighted by atomic mass is 16.6. The van der Waals surface area contributed by atoms with E-state index in [9.17, 15) is 14.9 Å². The Morgan fingerprint density at radius 3 is 2.53 bits per heavy atom. The molecule has 0 rings (SSSR count). The first-order chi connectivity index (χ1) is 7.10. The van der Waals surface area contributed by atoms with Crippen molar-refractivity contribution in [1.82, 2.24) is 0 Å².